The van der Waals surface area contributed by atoms with Crippen molar-refractivity contribution in [2.24, 2.45) is 5.41 Å². The van der Waals surface area contributed by atoms with Gasteiger partial charge in [-0.25, -0.2) is 8.78 Å². The summed E-state index contributed by atoms with van der Waals surface area (Å²) in [6.45, 7) is 6.82. The number of hydrogen-bond donors (Lipinski definition) is 0. The topological polar surface area (TPSA) is 43.4 Å². The summed E-state index contributed by atoms with van der Waals surface area (Å²) in [6.07, 6.45) is -0.0333. The quantitative estimate of drug-likeness (QED) is 0.697. The second-order valence-electron chi connectivity index (χ2n) is 5.02. The molecule has 0 aromatic rings. The molecule has 0 spiro atoms. The Labute approximate surface area is 103 Å². The van der Waals surface area contributed by atoms with E-state index in [1.54, 1.807) is 6.92 Å². The Morgan fingerprint density at radius 3 is 1.71 bits per heavy atom. The maximum absolute atomic E-state index is 14.5. The van der Waals surface area contributed by atoms with E-state index >= 15 is 0 Å². The molecule has 0 aromatic carbocycles. The van der Waals surface area contributed by atoms with Crippen molar-refractivity contribution in [3.8, 4) is 0 Å². The van der Waals surface area contributed by atoms with E-state index in [-0.39, 0.29) is 12.8 Å². The molecule has 0 heterocycles. The Morgan fingerprint density at radius 2 is 1.47 bits per heavy atom. The van der Waals surface area contributed by atoms with E-state index < -0.39 is 26.2 Å². The average molecular weight is 272 g/mol. The number of halogens is 2. The molecule has 0 aliphatic heterocycles. The molecule has 0 aromatic heterocycles. The molecular weight excluding hydrogens is 250 g/mol. The maximum atomic E-state index is 14.5. The Hall–Kier alpha value is -0.230. The first-order valence-corrected chi connectivity index (χ1v) is 7.02. The molecule has 0 aliphatic carbocycles. The van der Waals surface area contributed by atoms with Gasteiger partial charge in [0, 0.05) is 5.41 Å². The van der Waals surface area contributed by atoms with Crippen LogP contribution in [0.1, 0.15) is 47.5 Å². The van der Waals surface area contributed by atoms with Crippen molar-refractivity contribution in [1.29, 1.82) is 0 Å². The highest BCUT2D eigenvalue weighted by Crippen LogP contribution is 2.51. The SMILES string of the molecule is CCC(C)(C)C(F)(F)C(C)(CC)S(=O)(=O)OC. The normalized spacial score (nSPS) is 17.9. The fourth-order valence-electron chi connectivity index (χ4n) is 1.68. The van der Waals surface area contributed by atoms with Crippen molar-refractivity contribution in [3.63, 3.8) is 0 Å². The molecule has 0 radical (unpaired) electrons. The minimum atomic E-state index is -4.31. The zero-order valence-electron chi connectivity index (χ0n) is 11.3. The van der Waals surface area contributed by atoms with E-state index in [0.717, 1.165) is 14.0 Å². The smallest absolute Gasteiger partial charge is 0.273 e. The van der Waals surface area contributed by atoms with E-state index in [1.807, 2.05) is 0 Å². The van der Waals surface area contributed by atoms with Gasteiger partial charge in [-0.15, -0.1) is 0 Å². The summed E-state index contributed by atoms with van der Waals surface area (Å²) in [4.78, 5) is 0. The van der Waals surface area contributed by atoms with Gasteiger partial charge in [-0.2, -0.15) is 8.42 Å². The maximum Gasteiger partial charge on any atom is 0.278 e. The lowest BCUT2D eigenvalue weighted by Gasteiger charge is -2.43. The second-order valence-corrected chi connectivity index (χ2v) is 7.16. The molecule has 0 saturated carbocycles. The first kappa shape index (κ1) is 16.8. The highest BCUT2D eigenvalue weighted by atomic mass is 32.2. The zero-order valence-corrected chi connectivity index (χ0v) is 12.1. The molecule has 1 unspecified atom stereocenters. The van der Waals surface area contributed by atoms with Crippen LogP contribution in [0.4, 0.5) is 8.78 Å². The van der Waals surface area contributed by atoms with Crippen LogP contribution in [0, 0.1) is 5.41 Å². The van der Waals surface area contributed by atoms with Gasteiger partial charge in [-0.3, -0.25) is 4.18 Å². The Morgan fingerprint density at radius 1 is 1.06 bits per heavy atom. The van der Waals surface area contributed by atoms with Gasteiger partial charge in [0.25, 0.3) is 16.0 Å². The molecular formula is C11H22F2O3S. The number of rotatable bonds is 6. The van der Waals surface area contributed by atoms with Gasteiger partial charge < -0.3 is 0 Å². The summed E-state index contributed by atoms with van der Waals surface area (Å²) in [5.41, 5.74) is -1.41. The van der Waals surface area contributed by atoms with Crippen LogP contribution in [-0.2, 0) is 14.3 Å². The molecule has 0 aliphatic rings. The summed E-state index contributed by atoms with van der Waals surface area (Å²) in [6, 6.07) is 0. The minimum Gasteiger partial charge on any atom is -0.273 e. The molecule has 104 valence electrons. The van der Waals surface area contributed by atoms with E-state index in [1.165, 1.54) is 20.8 Å². The van der Waals surface area contributed by atoms with Crippen LogP contribution >= 0.6 is 0 Å². The molecule has 1 atom stereocenters. The van der Waals surface area contributed by atoms with Gasteiger partial charge >= 0.3 is 0 Å². The van der Waals surface area contributed by atoms with Crippen molar-refractivity contribution in [3.05, 3.63) is 0 Å². The van der Waals surface area contributed by atoms with Gasteiger partial charge in [-0.1, -0.05) is 27.7 Å². The lowest BCUT2D eigenvalue weighted by Crippen LogP contribution is -2.58. The van der Waals surface area contributed by atoms with Gasteiger partial charge in [0.15, 0.2) is 4.75 Å². The van der Waals surface area contributed by atoms with E-state index in [9.17, 15) is 17.2 Å². The average Bonchev–Trinajstić information content (AvgIpc) is 2.26. The van der Waals surface area contributed by atoms with E-state index in [4.69, 9.17) is 0 Å². The standard InChI is InChI=1S/C11H22F2O3S/c1-7-9(3,4)11(12,13)10(5,8-2)17(14,15)16-6/h7-8H2,1-6H3. The fraction of sp³-hybridized carbons (Fsp3) is 1.00. The van der Waals surface area contributed by atoms with Gasteiger partial charge in [-0.05, 0) is 19.8 Å². The van der Waals surface area contributed by atoms with Crippen molar-refractivity contribution < 1.29 is 21.4 Å². The summed E-state index contributed by atoms with van der Waals surface area (Å²) in [5.74, 6) is -3.38. The molecule has 3 nitrogen and oxygen atoms in total. The molecule has 17 heavy (non-hydrogen) atoms. The summed E-state index contributed by atoms with van der Waals surface area (Å²) < 4.78 is 54.6. The van der Waals surface area contributed by atoms with Crippen molar-refractivity contribution >= 4 is 10.1 Å². The van der Waals surface area contributed by atoms with E-state index in [0.29, 0.717) is 0 Å². The zero-order chi connectivity index (χ0) is 14.1. The molecule has 0 saturated heterocycles. The second kappa shape index (κ2) is 4.80. The molecule has 0 bridgehead atoms. The molecule has 0 amide bonds. The van der Waals surface area contributed by atoms with Gasteiger partial charge in [0.2, 0.25) is 0 Å². The fourth-order valence-corrected chi connectivity index (χ4v) is 2.99. The van der Waals surface area contributed by atoms with Crippen molar-refractivity contribution in [2.45, 2.75) is 58.1 Å². The highest BCUT2D eigenvalue weighted by molar-refractivity contribution is 7.88. The summed E-state index contributed by atoms with van der Waals surface area (Å²) in [7, 11) is -3.40. The van der Waals surface area contributed by atoms with Crippen LogP contribution in [0.2, 0.25) is 0 Å². The predicted molar refractivity (Wildman–Crippen MR) is 63.6 cm³/mol. The minimum absolute atomic E-state index is 0.175. The molecule has 0 rings (SSSR count). The third kappa shape index (κ3) is 2.34. The van der Waals surface area contributed by atoms with Crippen molar-refractivity contribution in [1.82, 2.24) is 0 Å². The third-order valence-corrected chi connectivity index (χ3v) is 5.93. The van der Waals surface area contributed by atoms with Crippen LogP contribution in [0.15, 0.2) is 0 Å². The molecule has 6 heteroatoms. The Kier molecular flexibility index (Phi) is 4.74. The van der Waals surface area contributed by atoms with Crippen molar-refractivity contribution in [2.75, 3.05) is 7.11 Å². The molecule has 0 N–H and O–H groups in total. The van der Waals surface area contributed by atoms with Crippen LogP contribution in [-0.4, -0.2) is 26.2 Å². The predicted octanol–water partition coefficient (Wildman–Crippen LogP) is 3.20. The molecule has 0 fully saturated rings. The lowest BCUT2D eigenvalue weighted by atomic mass is 9.76. The largest absolute Gasteiger partial charge is 0.278 e. The first-order chi connectivity index (χ1) is 7.43. The van der Waals surface area contributed by atoms with Crippen LogP contribution in [0.3, 0.4) is 0 Å². The monoisotopic (exact) mass is 272 g/mol. The van der Waals surface area contributed by atoms with Crippen LogP contribution < -0.4 is 0 Å². The Bertz CT molecular complexity index is 363. The number of alkyl halides is 2. The van der Waals surface area contributed by atoms with Gasteiger partial charge in [0.05, 0.1) is 7.11 Å². The van der Waals surface area contributed by atoms with Crippen LogP contribution in [0.25, 0.3) is 0 Å². The third-order valence-electron chi connectivity index (χ3n) is 3.84. The van der Waals surface area contributed by atoms with Gasteiger partial charge in [0.1, 0.15) is 0 Å². The lowest BCUT2D eigenvalue weighted by molar-refractivity contribution is -0.137. The first-order valence-electron chi connectivity index (χ1n) is 5.61. The number of hydrogen-bond acceptors (Lipinski definition) is 3. The van der Waals surface area contributed by atoms with Crippen LogP contribution in [0.5, 0.6) is 0 Å². The Balaban J connectivity index is 5.86. The highest BCUT2D eigenvalue weighted by Gasteiger charge is 2.64. The summed E-state index contributed by atoms with van der Waals surface area (Å²) in [5, 5.41) is 0. The van der Waals surface area contributed by atoms with E-state index in [2.05, 4.69) is 4.18 Å². The summed E-state index contributed by atoms with van der Waals surface area (Å²) >= 11 is 0.